The van der Waals surface area contributed by atoms with Crippen LogP contribution in [0.25, 0.3) is 0 Å². The molecule has 0 spiro atoms. The van der Waals surface area contributed by atoms with Gasteiger partial charge in [-0.2, -0.15) is 4.80 Å². The Morgan fingerprint density at radius 1 is 1.17 bits per heavy atom. The minimum absolute atomic E-state index is 0.0774. The van der Waals surface area contributed by atoms with Crippen LogP contribution in [0.5, 0.6) is 0 Å². The molecule has 4 fully saturated rings. The van der Waals surface area contributed by atoms with Gasteiger partial charge in [0.15, 0.2) is 5.82 Å². The molecule has 3 unspecified atom stereocenters. The van der Waals surface area contributed by atoms with Crippen molar-refractivity contribution >= 4 is 17.7 Å². The fourth-order valence-electron chi connectivity index (χ4n) is 6.32. The standard InChI is InChI=1S/C22H29N5OS/c1-14-4-6-19(7-5-14)29-15(2)20(28)23-21-9-17-8-18(10-21)12-22(11-17,13-21)27-25-16(3)24-26-27/h4-7,15,17-18H,8-13H2,1-3H3,(H,23,28). The van der Waals surface area contributed by atoms with E-state index in [4.69, 9.17) is 0 Å². The fraction of sp³-hybridized carbons (Fsp3) is 0.636. The topological polar surface area (TPSA) is 72.7 Å². The molecule has 4 aliphatic rings. The number of aryl methyl sites for hydroxylation is 2. The van der Waals surface area contributed by atoms with Crippen molar-refractivity contribution in [3.63, 3.8) is 0 Å². The molecule has 1 aromatic heterocycles. The lowest BCUT2D eigenvalue weighted by atomic mass is 9.50. The molecule has 3 atom stereocenters. The van der Waals surface area contributed by atoms with Gasteiger partial charge >= 0.3 is 0 Å². The number of nitrogens with one attached hydrogen (secondary N) is 1. The van der Waals surface area contributed by atoms with Crippen LogP contribution in [0.2, 0.25) is 0 Å². The summed E-state index contributed by atoms with van der Waals surface area (Å²) in [5, 5.41) is 16.5. The van der Waals surface area contributed by atoms with E-state index in [1.54, 1.807) is 11.8 Å². The van der Waals surface area contributed by atoms with Gasteiger partial charge < -0.3 is 5.32 Å². The smallest absolute Gasteiger partial charge is 0.233 e. The zero-order valence-corrected chi connectivity index (χ0v) is 18.2. The van der Waals surface area contributed by atoms with E-state index >= 15 is 0 Å². The molecule has 4 bridgehead atoms. The van der Waals surface area contributed by atoms with Gasteiger partial charge in [0.2, 0.25) is 5.91 Å². The van der Waals surface area contributed by atoms with Gasteiger partial charge in [-0.3, -0.25) is 4.79 Å². The molecule has 0 saturated heterocycles. The minimum atomic E-state index is -0.120. The molecule has 2 aromatic rings. The highest BCUT2D eigenvalue weighted by molar-refractivity contribution is 8.00. The number of rotatable bonds is 5. The highest BCUT2D eigenvalue weighted by Gasteiger charge is 2.60. The number of tetrazole rings is 1. The zero-order chi connectivity index (χ0) is 20.2. The van der Waals surface area contributed by atoms with Gasteiger partial charge in [0, 0.05) is 10.4 Å². The highest BCUT2D eigenvalue weighted by Crippen LogP contribution is 2.60. The van der Waals surface area contributed by atoms with E-state index in [1.807, 2.05) is 18.6 Å². The van der Waals surface area contributed by atoms with Crippen molar-refractivity contribution in [2.45, 2.75) is 80.5 Å². The number of carbonyl (C=O) groups excluding carboxylic acids is 1. The molecule has 1 aromatic carbocycles. The van der Waals surface area contributed by atoms with Crippen LogP contribution in [0.4, 0.5) is 0 Å². The first-order valence-corrected chi connectivity index (χ1v) is 11.6. The molecule has 0 radical (unpaired) electrons. The van der Waals surface area contributed by atoms with E-state index in [0.717, 1.165) is 42.8 Å². The SMILES string of the molecule is Cc1ccc(SC(C)C(=O)NC23CC4CC(C2)CC(n2nnc(C)n2)(C4)C3)cc1. The molecular formula is C22H29N5OS. The number of benzene rings is 1. The van der Waals surface area contributed by atoms with Gasteiger partial charge in [-0.1, -0.05) is 17.7 Å². The molecule has 1 heterocycles. The number of amides is 1. The van der Waals surface area contributed by atoms with Gasteiger partial charge in [0.25, 0.3) is 0 Å². The monoisotopic (exact) mass is 411 g/mol. The first kappa shape index (κ1) is 19.1. The Morgan fingerprint density at radius 3 is 2.48 bits per heavy atom. The lowest BCUT2D eigenvalue weighted by molar-refractivity contribution is -0.130. The van der Waals surface area contributed by atoms with Crippen molar-refractivity contribution in [1.29, 1.82) is 0 Å². The van der Waals surface area contributed by atoms with Crippen LogP contribution in [0.3, 0.4) is 0 Å². The normalized spacial score (nSPS) is 33.6. The molecule has 6 nitrogen and oxygen atoms in total. The average Bonchev–Trinajstić information content (AvgIpc) is 3.09. The molecule has 0 aliphatic heterocycles. The summed E-state index contributed by atoms with van der Waals surface area (Å²) in [6, 6.07) is 8.40. The second kappa shape index (κ2) is 6.83. The van der Waals surface area contributed by atoms with E-state index in [2.05, 4.69) is 51.9 Å². The van der Waals surface area contributed by atoms with E-state index in [1.165, 1.54) is 12.0 Å². The Morgan fingerprint density at radius 2 is 1.86 bits per heavy atom. The third-order valence-electron chi connectivity index (χ3n) is 7.06. The van der Waals surface area contributed by atoms with Crippen molar-refractivity contribution in [1.82, 2.24) is 25.5 Å². The second-order valence-corrected chi connectivity index (χ2v) is 11.1. The second-order valence-electron chi connectivity index (χ2n) is 9.65. The van der Waals surface area contributed by atoms with Crippen molar-refractivity contribution in [3.05, 3.63) is 35.7 Å². The Balaban J connectivity index is 1.34. The Kier molecular flexibility index (Phi) is 4.49. The van der Waals surface area contributed by atoms with Crippen LogP contribution in [0.1, 0.15) is 56.8 Å². The van der Waals surface area contributed by atoms with Crippen LogP contribution in [-0.2, 0) is 10.3 Å². The summed E-state index contributed by atoms with van der Waals surface area (Å²) < 4.78 is 0. The Labute approximate surface area is 176 Å². The summed E-state index contributed by atoms with van der Waals surface area (Å²) in [5.41, 5.74) is 1.04. The zero-order valence-electron chi connectivity index (χ0n) is 17.4. The molecule has 1 N–H and O–H groups in total. The summed E-state index contributed by atoms with van der Waals surface area (Å²) in [6.45, 7) is 5.99. The summed E-state index contributed by atoms with van der Waals surface area (Å²) in [6.07, 6.45) is 6.62. The molecule has 29 heavy (non-hydrogen) atoms. The van der Waals surface area contributed by atoms with Crippen LogP contribution in [0, 0.1) is 25.7 Å². The maximum atomic E-state index is 13.2. The van der Waals surface area contributed by atoms with Crippen LogP contribution in [0.15, 0.2) is 29.2 Å². The average molecular weight is 412 g/mol. The van der Waals surface area contributed by atoms with Gasteiger partial charge in [-0.05, 0) is 88.5 Å². The number of hydrogen-bond donors (Lipinski definition) is 1. The summed E-state index contributed by atoms with van der Waals surface area (Å²) in [5.74, 6) is 2.16. The molecular weight excluding hydrogens is 382 g/mol. The summed E-state index contributed by atoms with van der Waals surface area (Å²) in [7, 11) is 0. The quantitative estimate of drug-likeness (QED) is 0.761. The maximum Gasteiger partial charge on any atom is 0.233 e. The Hall–Kier alpha value is -1.89. The molecule has 6 rings (SSSR count). The molecule has 154 valence electrons. The van der Waals surface area contributed by atoms with E-state index < -0.39 is 0 Å². The highest BCUT2D eigenvalue weighted by atomic mass is 32.2. The van der Waals surface area contributed by atoms with E-state index in [9.17, 15) is 4.79 Å². The first-order valence-electron chi connectivity index (χ1n) is 10.7. The summed E-state index contributed by atoms with van der Waals surface area (Å²) >= 11 is 1.64. The van der Waals surface area contributed by atoms with Crippen molar-refractivity contribution < 1.29 is 4.79 Å². The fourth-order valence-corrected chi connectivity index (χ4v) is 7.18. The van der Waals surface area contributed by atoms with Crippen molar-refractivity contribution in [2.75, 3.05) is 0 Å². The largest absolute Gasteiger partial charge is 0.350 e. The van der Waals surface area contributed by atoms with Gasteiger partial charge in [-0.25, -0.2) is 0 Å². The van der Waals surface area contributed by atoms with Crippen molar-refractivity contribution in [2.24, 2.45) is 11.8 Å². The predicted molar refractivity (Wildman–Crippen MR) is 113 cm³/mol. The first-order chi connectivity index (χ1) is 13.8. The third-order valence-corrected chi connectivity index (χ3v) is 8.17. The number of nitrogens with zero attached hydrogens (tertiary/aromatic N) is 4. The maximum absolute atomic E-state index is 13.2. The molecule has 4 saturated carbocycles. The predicted octanol–water partition coefficient (Wildman–Crippen LogP) is 3.63. The molecule has 1 amide bonds. The third kappa shape index (κ3) is 3.47. The van der Waals surface area contributed by atoms with Crippen molar-refractivity contribution in [3.8, 4) is 0 Å². The number of thioether (sulfide) groups is 1. The van der Waals surface area contributed by atoms with Gasteiger partial charge in [0.1, 0.15) is 0 Å². The van der Waals surface area contributed by atoms with Gasteiger partial charge in [-0.15, -0.1) is 22.0 Å². The van der Waals surface area contributed by atoms with Gasteiger partial charge in [0.05, 0.1) is 10.8 Å². The van der Waals surface area contributed by atoms with Crippen LogP contribution >= 0.6 is 11.8 Å². The van der Waals surface area contributed by atoms with E-state index in [0.29, 0.717) is 11.8 Å². The molecule has 7 heteroatoms. The molecule has 4 aliphatic carbocycles. The number of carbonyl (C=O) groups is 1. The van der Waals surface area contributed by atoms with Crippen LogP contribution < -0.4 is 5.32 Å². The number of hydrogen-bond acceptors (Lipinski definition) is 5. The Bertz CT molecular complexity index is 910. The lowest BCUT2D eigenvalue weighted by Crippen LogP contribution is -2.66. The minimum Gasteiger partial charge on any atom is -0.350 e. The number of aromatic nitrogens is 4. The lowest BCUT2D eigenvalue weighted by Gasteiger charge is -2.61. The summed E-state index contributed by atoms with van der Waals surface area (Å²) in [4.78, 5) is 16.2. The van der Waals surface area contributed by atoms with Crippen LogP contribution in [-0.4, -0.2) is 36.9 Å². The van der Waals surface area contributed by atoms with E-state index in [-0.39, 0.29) is 22.2 Å².